The monoisotopic (exact) mass is 559 g/mol. The van der Waals surface area contributed by atoms with Crippen LogP contribution in [0.1, 0.15) is 46.7 Å². The SMILES string of the molecule is Cc1cc(F)ccc1[C@@H]1C[C@H](N2C=NCN2C)CCN1C(=O)N(C)Cc1cc(C(F)(F)F)cc(C(F)(F)F)c1. The normalized spacial score (nSPS) is 20.6. The number of hydrogen-bond donors (Lipinski definition) is 0. The molecule has 2 amide bonds. The summed E-state index contributed by atoms with van der Waals surface area (Å²) in [5.74, 6) is -0.435. The summed E-state index contributed by atoms with van der Waals surface area (Å²) < 4.78 is 93.8. The van der Waals surface area contributed by atoms with Crippen molar-refractivity contribution in [1.82, 2.24) is 19.8 Å². The molecule has 0 aliphatic carbocycles. The van der Waals surface area contributed by atoms with Crippen molar-refractivity contribution >= 4 is 12.4 Å². The highest BCUT2D eigenvalue weighted by atomic mass is 19.4. The fourth-order valence-corrected chi connectivity index (χ4v) is 5.17. The molecule has 0 saturated carbocycles. The van der Waals surface area contributed by atoms with Gasteiger partial charge in [0.2, 0.25) is 0 Å². The van der Waals surface area contributed by atoms with Crippen molar-refractivity contribution < 1.29 is 35.5 Å². The summed E-state index contributed by atoms with van der Waals surface area (Å²) >= 11 is 0. The third-order valence-corrected chi connectivity index (χ3v) is 7.06. The van der Waals surface area contributed by atoms with Crippen LogP contribution < -0.4 is 0 Å². The van der Waals surface area contributed by atoms with Crippen LogP contribution in [0.25, 0.3) is 0 Å². The largest absolute Gasteiger partial charge is 0.416 e. The Morgan fingerprint density at radius 2 is 1.69 bits per heavy atom. The number of hydrazine groups is 1. The highest BCUT2D eigenvalue weighted by Gasteiger charge is 2.39. The molecular weight excluding hydrogens is 531 g/mol. The van der Waals surface area contributed by atoms with E-state index in [1.165, 1.54) is 19.2 Å². The summed E-state index contributed by atoms with van der Waals surface area (Å²) in [7, 11) is 3.21. The number of piperidine rings is 1. The predicted octanol–water partition coefficient (Wildman–Crippen LogP) is 6.08. The molecule has 6 nitrogen and oxygen atoms in total. The zero-order valence-electron chi connectivity index (χ0n) is 21.5. The van der Waals surface area contributed by atoms with Gasteiger partial charge in [-0.15, -0.1) is 0 Å². The van der Waals surface area contributed by atoms with Crippen LogP contribution in [0.15, 0.2) is 41.4 Å². The van der Waals surface area contributed by atoms with Crippen molar-refractivity contribution in [3.63, 3.8) is 0 Å². The molecule has 0 N–H and O–H groups in total. The van der Waals surface area contributed by atoms with E-state index in [0.717, 1.165) is 4.90 Å². The number of aliphatic imine (C=N–C) groups is 1. The Balaban J connectivity index is 1.62. The van der Waals surface area contributed by atoms with Crippen molar-refractivity contribution in [3.8, 4) is 0 Å². The molecule has 1 saturated heterocycles. The van der Waals surface area contributed by atoms with Crippen LogP contribution in [0.4, 0.5) is 35.5 Å². The predicted molar refractivity (Wildman–Crippen MR) is 130 cm³/mol. The van der Waals surface area contributed by atoms with Crippen molar-refractivity contribution in [3.05, 3.63) is 70.0 Å². The van der Waals surface area contributed by atoms with Crippen molar-refractivity contribution in [1.29, 1.82) is 0 Å². The number of carbonyl (C=O) groups is 1. The van der Waals surface area contributed by atoms with Gasteiger partial charge >= 0.3 is 18.4 Å². The Morgan fingerprint density at radius 1 is 1.05 bits per heavy atom. The quantitative estimate of drug-likeness (QED) is 0.427. The van der Waals surface area contributed by atoms with Crippen LogP contribution >= 0.6 is 0 Å². The third kappa shape index (κ3) is 6.29. The fraction of sp³-hybridized carbons (Fsp3) is 0.462. The Morgan fingerprint density at radius 3 is 2.23 bits per heavy atom. The second-order valence-electron chi connectivity index (χ2n) is 9.92. The van der Waals surface area contributed by atoms with Gasteiger partial charge in [-0.3, -0.25) is 10.0 Å². The van der Waals surface area contributed by atoms with Crippen LogP contribution in [-0.2, 0) is 18.9 Å². The molecule has 13 heteroatoms. The number of nitrogens with zero attached hydrogens (tertiary/aromatic N) is 5. The Hall–Kier alpha value is -3.35. The topological polar surface area (TPSA) is 42.4 Å². The maximum absolute atomic E-state index is 13.9. The number of alkyl halides is 6. The van der Waals surface area contributed by atoms with Crippen LogP contribution in [0.3, 0.4) is 0 Å². The average molecular weight is 560 g/mol. The summed E-state index contributed by atoms with van der Waals surface area (Å²) in [6.07, 6.45) is -7.25. The first-order valence-corrected chi connectivity index (χ1v) is 12.2. The number of rotatable bonds is 4. The smallest absolute Gasteiger partial charge is 0.323 e. The van der Waals surface area contributed by atoms with E-state index >= 15 is 0 Å². The van der Waals surface area contributed by atoms with Crippen molar-refractivity contribution in [2.75, 3.05) is 27.3 Å². The van der Waals surface area contributed by atoms with Crippen LogP contribution in [0.2, 0.25) is 0 Å². The Labute approximate surface area is 221 Å². The molecule has 0 unspecified atom stereocenters. The third-order valence-electron chi connectivity index (χ3n) is 7.06. The van der Waals surface area contributed by atoms with Crippen LogP contribution in [-0.4, -0.2) is 65.5 Å². The van der Waals surface area contributed by atoms with Gasteiger partial charge in [0.15, 0.2) is 0 Å². The minimum absolute atomic E-state index is 0.0251. The van der Waals surface area contributed by atoms with Gasteiger partial charge in [0.05, 0.1) is 23.2 Å². The van der Waals surface area contributed by atoms with Gasteiger partial charge in [0.1, 0.15) is 18.8 Å². The molecule has 2 aliphatic rings. The number of carbonyl (C=O) groups excluding carboxylic acids is 1. The molecule has 2 aromatic rings. The molecular formula is C26H28F7N5O. The molecule has 2 aliphatic heterocycles. The number of benzene rings is 2. The van der Waals surface area contributed by atoms with Gasteiger partial charge in [0.25, 0.3) is 0 Å². The molecule has 0 spiro atoms. The molecule has 0 radical (unpaired) electrons. The first kappa shape index (κ1) is 28.7. The Bertz CT molecular complexity index is 1210. The van der Waals surface area contributed by atoms with Gasteiger partial charge in [-0.1, -0.05) is 6.07 Å². The van der Waals surface area contributed by atoms with E-state index in [9.17, 15) is 35.5 Å². The lowest BCUT2D eigenvalue weighted by molar-refractivity contribution is -0.143. The van der Waals surface area contributed by atoms with Gasteiger partial charge in [-0.25, -0.2) is 14.2 Å². The zero-order valence-corrected chi connectivity index (χ0v) is 21.5. The molecule has 0 bridgehead atoms. The molecule has 1 fully saturated rings. The maximum atomic E-state index is 13.9. The average Bonchev–Trinajstić information content (AvgIpc) is 3.28. The zero-order chi connectivity index (χ0) is 28.7. The summed E-state index contributed by atoms with van der Waals surface area (Å²) in [5.41, 5.74) is -1.85. The van der Waals surface area contributed by atoms with E-state index in [1.54, 1.807) is 24.2 Å². The van der Waals surface area contributed by atoms with E-state index in [-0.39, 0.29) is 24.2 Å². The molecule has 4 rings (SSSR count). The number of hydrogen-bond acceptors (Lipinski definition) is 4. The lowest BCUT2D eigenvalue weighted by Gasteiger charge is -2.45. The molecule has 2 heterocycles. The molecule has 2 atom stereocenters. The van der Waals surface area contributed by atoms with Crippen LogP contribution in [0.5, 0.6) is 0 Å². The van der Waals surface area contributed by atoms with Crippen LogP contribution in [0, 0.1) is 12.7 Å². The number of likely N-dealkylation sites (tertiary alicyclic amines) is 1. The van der Waals surface area contributed by atoms with E-state index in [2.05, 4.69) is 4.99 Å². The van der Waals surface area contributed by atoms with Crippen molar-refractivity contribution in [2.24, 2.45) is 4.99 Å². The molecule has 39 heavy (non-hydrogen) atoms. The van der Waals surface area contributed by atoms with Gasteiger partial charge in [-0.05, 0) is 66.8 Å². The standard InChI is InChI=1S/C26H28F7N5O/c1-16-8-20(27)4-5-22(16)23-12-21(38-15-34-14-36(38)3)6-7-37(23)24(39)35(2)13-17-9-18(25(28,29)30)11-19(10-17)26(31,32)33/h4-5,8-11,15,21,23H,6-7,12-14H2,1-3H3/t21-,23+/m1/s1. The van der Waals surface area contributed by atoms with Gasteiger partial charge in [-0.2, -0.15) is 26.3 Å². The van der Waals surface area contributed by atoms with E-state index in [4.69, 9.17) is 0 Å². The molecule has 212 valence electrons. The highest BCUT2D eigenvalue weighted by Crippen LogP contribution is 2.38. The first-order chi connectivity index (χ1) is 18.1. The molecule has 2 aromatic carbocycles. The lowest BCUT2D eigenvalue weighted by atomic mass is 9.89. The van der Waals surface area contributed by atoms with E-state index in [1.807, 2.05) is 17.1 Å². The first-order valence-electron chi connectivity index (χ1n) is 12.2. The van der Waals surface area contributed by atoms with E-state index < -0.39 is 47.9 Å². The summed E-state index contributed by atoms with van der Waals surface area (Å²) in [6.45, 7) is 2.00. The number of amides is 2. The summed E-state index contributed by atoms with van der Waals surface area (Å²) in [5, 5.41) is 3.90. The number of halogens is 7. The second-order valence-corrected chi connectivity index (χ2v) is 9.92. The van der Waals surface area contributed by atoms with Crippen molar-refractivity contribution in [2.45, 2.75) is 50.7 Å². The second kappa shape index (κ2) is 10.7. The summed E-state index contributed by atoms with van der Waals surface area (Å²) in [4.78, 5) is 20.5. The minimum atomic E-state index is -4.99. The minimum Gasteiger partial charge on any atom is -0.323 e. The lowest BCUT2D eigenvalue weighted by Crippen LogP contribution is -2.53. The summed E-state index contributed by atoms with van der Waals surface area (Å²) in [6, 6.07) is 4.46. The number of urea groups is 1. The van der Waals surface area contributed by atoms with Gasteiger partial charge in [0, 0.05) is 27.2 Å². The fourth-order valence-electron chi connectivity index (χ4n) is 5.17. The Kier molecular flexibility index (Phi) is 7.84. The van der Waals surface area contributed by atoms with Gasteiger partial charge < -0.3 is 9.80 Å². The molecule has 0 aromatic heterocycles. The highest BCUT2D eigenvalue weighted by molar-refractivity contribution is 5.75. The maximum Gasteiger partial charge on any atom is 0.416 e. The van der Waals surface area contributed by atoms with E-state index in [0.29, 0.717) is 42.8 Å². The number of aryl methyl sites for hydroxylation is 1.